The van der Waals surface area contributed by atoms with Crippen molar-refractivity contribution in [3.8, 4) is 0 Å². The molecule has 1 aliphatic carbocycles. The lowest BCUT2D eigenvalue weighted by molar-refractivity contribution is -0.208. The van der Waals surface area contributed by atoms with Crippen molar-refractivity contribution in [2.24, 2.45) is 27.6 Å². The molecule has 0 amide bonds. The molecule has 0 aromatic carbocycles. The molecule has 30 heavy (non-hydrogen) atoms. The first-order chi connectivity index (χ1) is 13.9. The van der Waals surface area contributed by atoms with Crippen LogP contribution in [0.5, 0.6) is 0 Å². The molecule has 2 heteroatoms. The summed E-state index contributed by atoms with van der Waals surface area (Å²) in [6.07, 6.45) is 15.7. The fraction of sp³-hybridized carbons (Fsp3) is 1.00. The number of hydrogen-bond donors (Lipinski definition) is 0. The Balaban J connectivity index is 1.91. The summed E-state index contributed by atoms with van der Waals surface area (Å²) >= 11 is 0. The van der Waals surface area contributed by atoms with E-state index in [2.05, 4.69) is 60.4 Å². The first-order valence-electron chi connectivity index (χ1n) is 13.1. The van der Waals surface area contributed by atoms with Crippen LogP contribution in [0, 0.1) is 27.6 Å². The highest BCUT2D eigenvalue weighted by molar-refractivity contribution is 5.15. The first kappa shape index (κ1) is 24.6. The maximum absolute atomic E-state index is 5.87. The first-order valence-corrected chi connectivity index (χ1v) is 13.1. The minimum atomic E-state index is 0.204. The van der Waals surface area contributed by atoms with Crippen LogP contribution in [0.15, 0.2) is 0 Å². The van der Waals surface area contributed by atoms with E-state index in [9.17, 15) is 0 Å². The van der Waals surface area contributed by atoms with Gasteiger partial charge in [-0.1, -0.05) is 93.4 Å². The average Bonchev–Trinajstić information content (AvgIpc) is 2.59. The van der Waals surface area contributed by atoms with Crippen LogP contribution in [0.2, 0.25) is 0 Å². The molecule has 2 aliphatic heterocycles. The Hall–Kier alpha value is -0.0800. The van der Waals surface area contributed by atoms with Gasteiger partial charge in [0.05, 0.1) is 18.8 Å². The Morgan fingerprint density at radius 2 is 1.33 bits per heavy atom. The number of nitrogens with zero attached hydrogens (tertiary/aromatic N) is 1. The minimum absolute atomic E-state index is 0.204. The third kappa shape index (κ3) is 4.52. The predicted octanol–water partition coefficient (Wildman–Crippen LogP) is 7.71. The van der Waals surface area contributed by atoms with Crippen molar-refractivity contribution < 1.29 is 4.74 Å². The van der Waals surface area contributed by atoms with Gasteiger partial charge in [-0.15, -0.1) is 0 Å². The van der Waals surface area contributed by atoms with E-state index in [0.717, 1.165) is 19.1 Å². The van der Waals surface area contributed by atoms with Crippen LogP contribution in [0.25, 0.3) is 0 Å². The predicted molar refractivity (Wildman–Crippen MR) is 130 cm³/mol. The topological polar surface area (TPSA) is 12.5 Å². The van der Waals surface area contributed by atoms with Crippen molar-refractivity contribution in [2.75, 3.05) is 26.8 Å². The van der Waals surface area contributed by atoms with Crippen molar-refractivity contribution >= 4 is 0 Å². The van der Waals surface area contributed by atoms with Crippen LogP contribution < -0.4 is 0 Å². The van der Waals surface area contributed by atoms with Gasteiger partial charge in [0.25, 0.3) is 0 Å². The van der Waals surface area contributed by atoms with Gasteiger partial charge < -0.3 is 4.74 Å². The van der Waals surface area contributed by atoms with E-state index < -0.39 is 0 Å². The second kappa shape index (κ2) is 8.69. The maximum Gasteiger partial charge on any atom is 0.0732 e. The monoisotopic (exact) mass is 419 g/mol. The molecule has 1 saturated carbocycles. The van der Waals surface area contributed by atoms with E-state index in [0.29, 0.717) is 16.2 Å². The summed E-state index contributed by atoms with van der Waals surface area (Å²) in [5.41, 5.74) is 1.58. The Morgan fingerprint density at radius 3 is 1.90 bits per heavy atom. The lowest BCUT2D eigenvalue weighted by Crippen LogP contribution is -2.70. The Morgan fingerprint density at radius 1 is 0.767 bits per heavy atom. The Kier molecular flexibility index (Phi) is 7.12. The summed E-state index contributed by atoms with van der Waals surface area (Å²) in [5.74, 6) is 0.820. The molecule has 0 radical (unpaired) electrons. The molecule has 2 unspecified atom stereocenters. The summed E-state index contributed by atoms with van der Waals surface area (Å²) in [7, 11) is 2.41. The third-order valence-corrected chi connectivity index (χ3v) is 10.4. The second-order valence-corrected chi connectivity index (χ2v) is 13.8. The van der Waals surface area contributed by atoms with Gasteiger partial charge in [-0.3, -0.25) is 4.90 Å². The number of likely N-dealkylation sites (tertiary alicyclic amines) is 1. The Bertz CT molecular complexity index is 573. The fourth-order valence-corrected chi connectivity index (χ4v) is 7.58. The van der Waals surface area contributed by atoms with Gasteiger partial charge in [0.15, 0.2) is 0 Å². The molecule has 2 heterocycles. The number of rotatable bonds is 1. The molecule has 176 valence electrons. The fourth-order valence-electron chi connectivity index (χ4n) is 7.58. The summed E-state index contributed by atoms with van der Waals surface area (Å²) in [6.45, 7) is 21.0. The van der Waals surface area contributed by atoms with Crippen LogP contribution in [-0.2, 0) is 4.74 Å². The van der Waals surface area contributed by atoms with Crippen LogP contribution >= 0.6 is 0 Å². The van der Waals surface area contributed by atoms with Crippen molar-refractivity contribution in [3.63, 3.8) is 0 Å². The summed E-state index contributed by atoms with van der Waals surface area (Å²) in [5, 5.41) is 0. The van der Waals surface area contributed by atoms with E-state index in [-0.39, 0.29) is 11.0 Å². The van der Waals surface area contributed by atoms with Gasteiger partial charge in [0.2, 0.25) is 0 Å². The van der Waals surface area contributed by atoms with Crippen LogP contribution in [0.4, 0.5) is 0 Å². The molecule has 2 nitrogen and oxygen atoms in total. The zero-order valence-electron chi connectivity index (χ0n) is 21.8. The molecule has 0 bridgehead atoms. The molecule has 3 rings (SSSR count). The molecule has 1 spiro atoms. The van der Waals surface area contributed by atoms with Crippen LogP contribution in [0.3, 0.4) is 0 Å². The lowest BCUT2D eigenvalue weighted by atomic mass is 9.52. The highest BCUT2D eigenvalue weighted by atomic mass is 16.5. The number of hydrogen-bond acceptors (Lipinski definition) is 2. The van der Waals surface area contributed by atoms with E-state index in [1.807, 2.05) is 0 Å². The molecule has 3 aliphatic rings. The number of ether oxygens (including phenoxy) is 1. The molecule has 0 aromatic heterocycles. The normalized spacial score (nSPS) is 37.4. The van der Waals surface area contributed by atoms with Crippen LogP contribution in [-0.4, -0.2) is 37.2 Å². The minimum Gasteiger partial charge on any atom is -0.377 e. The van der Waals surface area contributed by atoms with Gasteiger partial charge in [-0.25, -0.2) is 0 Å². The van der Waals surface area contributed by atoms with Crippen molar-refractivity contribution in [1.82, 2.24) is 4.90 Å². The van der Waals surface area contributed by atoms with E-state index in [1.165, 1.54) is 77.2 Å². The van der Waals surface area contributed by atoms with Gasteiger partial charge in [-0.05, 0) is 60.3 Å². The lowest BCUT2D eigenvalue weighted by Gasteiger charge is -2.61. The quantitative estimate of drug-likeness (QED) is 0.431. The molecule has 2 atom stereocenters. The van der Waals surface area contributed by atoms with E-state index in [1.54, 1.807) is 0 Å². The zero-order valence-corrected chi connectivity index (χ0v) is 21.8. The van der Waals surface area contributed by atoms with Gasteiger partial charge in [-0.2, -0.15) is 0 Å². The van der Waals surface area contributed by atoms with Gasteiger partial charge in [0, 0.05) is 6.54 Å². The maximum atomic E-state index is 5.87. The molecule has 2 saturated heterocycles. The average molecular weight is 420 g/mol. The molecule has 0 N–H and O–H groups in total. The van der Waals surface area contributed by atoms with Gasteiger partial charge in [0.1, 0.15) is 0 Å². The highest BCUT2D eigenvalue weighted by Crippen LogP contribution is 2.61. The van der Waals surface area contributed by atoms with E-state index >= 15 is 0 Å². The molecule has 0 aromatic rings. The molecule has 3 fully saturated rings. The van der Waals surface area contributed by atoms with Gasteiger partial charge >= 0.3 is 0 Å². The largest absolute Gasteiger partial charge is 0.377 e. The van der Waals surface area contributed by atoms with Crippen molar-refractivity contribution in [3.05, 3.63) is 0 Å². The highest BCUT2D eigenvalue weighted by Gasteiger charge is 2.63. The molecular formula is C28H53NO. The van der Waals surface area contributed by atoms with E-state index in [4.69, 9.17) is 4.74 Å². The summed E-state index contributed by atoms with van der Waals surface area (Å²) in [4.78, 5) is 2.74. The molecular weight excluding hydrogens is 366 g/mol. The standard InChI is InChI=1S/C28H53NO/c1-24(2)17-15-13-11-9-10-12-14-16-23(18-24)27(7)19-25(3,4)26(5,6)28(21-30-22-28)29(8)20-27/h23H,9-22H2,1-8H3. The SMILES string of the molecule is CN1CC(C)(C2CCCCCCCCCC(C)(C)C2)CC(C)(C)C(C)(C)C12COC2. The summed E-state index contributed by atoms with van der Waals surface area (Å²) in [6, 6.07) is 0. The van der Waals surface area contributed by atoms with Crippen LogP contribution in [0.1, 0.15) is 119 Å². The second-order valence-electron chi connectivity index (χ2n) is 13.8. The Labute approximate surface area is 188 Å². The number of likely N-dealkylation sites (N-methyl/N-ethyl adjacent to an activating group) is 1. The van der Waals surface area contributed by atoms with Crippen molar-refractivity contribution in [1.29, 1.82) is 0 Å². The third-order valence-electron chi connectivity index (χ3n) is 10.4. The van der Waals surface area contributed by atoms with Crippen molar-refractivity contribution in [2.45, 2.75) is 125 Å². The smallest absolute Gasteiger partial charge is 0.0732 e. The summed E-state index contributed by atoms with van der Waals surface area (Å²) < 4.78 is 5.87. The zero-order chi connectivity index (χ0) is 22.3.